The molecule has 0 aliphatic carbocycles. The molecule has 3 nitrogen and oxygen atoms in total. The average molecular weight is 230 g/mol. The summed E-state index contributed by atoms with van der Waals surface area (Å²) in [7, 11) is 0. The second kappa shape index (κ2) is 3.35. The number of aromatic nitrogens is 1. The van der Waals surface area contributed by atoms with Crippen molar-refractivity contribution in [2.45, 2.75) is 6.92 Å². The van der Waals surface area contributed by atoms with Gasteiger partial charge >= 0.3 is 0 Å². The maximum Gasteiger partial charge on any atom is 0.164 e. The van der Waals surface area contributed by atoms with Crippen LogP contribution < -0.4 is 5.73 Å². The highest BCUT2D eigenvalue weighted by Gasteiger charge is 2.11. The number of nitrogens with two attached hydrogens (primary N) is 1. The quantitative estimate of drug-likeness (QED) is 0.696. The van der Waals surface area contributed by atoms with Gasteiger partial charge in [0.25, 0.3) is 0 Å². The number of aryl methyl sites for hydroxylation is 1. The highest BCUT2D eigenvalue weighted by Crippen LogP contribution is 2.32. The van der Waals surface area contributed by atoms with Gasteiger partial charge in [-0.25, -0.2) is 4.98 Å². The Balaban J connectivity index is 2.18. The molecule has 0 aliphatic heterocycles. The van der Waals surface area contributed by atoms with Crippen molar-refractivity contribution in [2.75, 3.05) is 5.73 Å². The molecule has 3 aromatic rings. The lowest BCUT2D eigenvalue weighted by atomic mass is 10.2. The molecule has 3 rings (SSSR count). The lowest BCUT2D eigenvalue weighted by molar-refractivity contribution is 0.631. The first-order valence-corrected chi connectivity index (χ1v) is 5.77. The van der Waals surface area contributed by atoms with E-state index in [1.54, 1.807) is 11.3 Å². The Kier molecular flexibility index (Phi) is 1.97. The van der Waals surface area contributed by atoms with E-state index in [4.69, 9.17) is 10.2 Å². The van der Waals surface area contributed by atoms with Crippen LogP contribution >= 0.6 is 11.3 Å². The fraction of sp³-hybridized carbons (Fsp3) is 0.0833. The number of hydrogen-bond acceptors (Lipinski definition) is 4. The molecule has 4 heteroatoms. The zero-order valence-electron chi connectivity index (χ0n) is 8.73. The first-order valence-electron chi connectivity index (χ1n) is 4.96. The van der Waals surface area contributed by atoms with Gasteiger partial charge in [0.15, 0.2) is 10.8 Å². The topological polar surface area (TPSA) is 52.0 Å². The van der Waals surface area contributed by atoms with E-state index >= 15 is 0 Å². The summed E-state index contributed by atoms with van der Waals surface area (Å²) in [5.41, 5.74) is 6.61. The molecule has 0 saturated carbocycles. The zero-order chi connectivity index (χ0) is 11.1. The van der Waals surface area contributed by atoms with Crippen LogP contribution in [0.1, 0.15) is 4.88 Å². The number of para-hydroxylation sites is 1. The Labute approximate surface area is 96.5 Å². The number of rotatable bonds is 1. The second-order valence-electron chi connectivity index (χ2n) is 3.61. The van der Waals surface area contributed by atoms with Gasteiger partial charge in [-0.15, -0.1) is 11.3 Å². The Morgan fingerprint density at radius 3 is 2.81 bits per heavy atom. The van der Waals surface area contributed by atoms with Crippen LogP contribution in [-0.2, 0) is 0 Å². The van der Waals surface area contributed by atoms with Crippen molar-refractivity contribution in [1.82, 2.24) is 4.98 Å². The van der Waals surface area contributed by atoms with Crippen molar-refractivity contribution in [2.24, 2.45) is 0 Å². The fourth-order valence-electron chi connectivity index (χ4n) is 1.60. The predicted octanol–water partition coefficient (Wildman–Crippen LogP) is 3.45. The second-order valence-corrected chi connectivity index (χ2v) is 4.81. The average Bonchev–Trinajstić information content (AvgIpc) is 2.83. The molecule has 0 radical (unpaired) electrons. The van der Waals surface area contributed by atoms with Gasteiger partial charge in [-0.2, -0.15) is 0 Å². The molecule has 0 unspecified atom stereocenters. The summed E-state index contributed by atoms with van der Waals surface area (Å²) in [5.74, 6) is 1.37. The minimum absolute atomic E-state index is 0.584. The van der Waals surface area contributed by atoms with E-state index in [1.165, 1.54) is 0 Å². The van der Waals surface area contributed by atoms with Crippen molar-refractivity contribution < 1.29 is 4.42 Å². The number of benzene rings is 1. The van der Waals surface area contributed by atoms with Crippen LogP contribution in [0, 0.1) is 6.92 Å². The number of nitrogen functional groups attached to an aromatic ring is 1. The van der Waals surface area contributed by atoms with Crippen LogP contribution in [0.2, 0.25) is 0 Å². The summed E-state index contributed by atoms with van der Waals surface area (Å²) in [6, 6.07) is 9.90. The number of furan rings is 1. The number of hydrogen-bond donors (Lipinski definition) is 1. The summed E-state index contributed by atoms with van der Waals surface area (Å²) in [6.45, 7) is 1.96. The summed E-state index contributed by atoms with van der Waals surface area (Å²) < 4.78 is 5.71. The maximum absolute atomic E-state index is 5.73. The van der Waals surface area contributed by atoms with Crippen LogP contribution in [0.5, 0.6) is 0 Å². The van der Waals surface area contributed by atoms with Crippen molar-refractivity contribution in [1.29, 1.82) is 0 Å². The molecular formula is C12H10N2OS. The van der Waals surface area contributed by atoms with Gasteiger partial charge in [-0.3, -0.25) is 0 Å². The van der Waals surface area contributed by atoms with Crippen LogP contribution in [0.25, 0.3) is 21.7 Å². The minimum Gasteiger partial charge on any atom is -0.454 e. The van der Waals surface area contributed by atoms with Crippen LogP contribution in [0.3, 0.4) is 0 Å². The highest BCUT2D eigenvalue weighted by molar-refractivity contribution is 7.15. The van der Waals surface area contributed by atoms with Gasteiger partial charge in [-0.1, -0.05) is 18.2 Å². The monoisotopic (exact) mass is 230 g/mol. The van der Waals surface area contributed by atoms with Crippen molar-refractivity contribution >= 4 is 28.1 Å². The predicted molar refractivity (Wildman–Crippen MR) is 66.5 cm³/mol. The van der Waals surface area contributed by atoms with E-state index in [1.807, 2.05) is 37.3 Å². The smallest absolute Gasteiger partial charge is 0.164 e. The molecule has 0 aliphatic rings. The van der Waals surface area contributed by atoms with Gasteiger partial charge in [0.2, 0.25) is 0 Å². The first-order chi connectivity index (χ1) is 7.74. The number of thiazole rings is 1. The van der Waals surface area contributed by atoms with Gasteiger partial charge < -0.3 is 10.2 Å². The van der Waals surface area contributed by atoms with E-state index in [-0.39, 0.29) is 0 Å². The normalized spacial score (nSPS) is 11.1. The Morgan fingerprint density at radius 1 is 1.31 bits per heavy atom. The van der Waals surface area contributed by atoms with Crippen molar-refractivity contribution in [3.8, 4) is 10.8 Å². The summed E-state index contributed by atoms with van der Waals surface area (Å²) in [4.78, 5) is 5.30. The third-order valence-corrected chi connectivity index (χ3v) is 3.47. The molecular weight excluding hydrogens is 220 g/mol. The molecule has 0 bridgehead atoms. The molecule has 0 spiro atoms. The van der Waals surface area contributed by atoms with E-state index < -0.39 is 0 Å². The fourth-order valence-corrected chi connectivity index (χ4v) is 2.39. The number of anilines is 1. The summed E-state index contributed by atoms with van der Waals surface area (Å²) in [6.07, 6.45) is 0. The van der Waals surface area contributed by atoms with Gasteiger partial charge in [0.1, 0.15) is 11.4 Å². The molecule has 0 saturated heterocycles. The first kappa shape index (κ1) is 9.42. The lowest BCUT2D eigenvalue weighted by Gasteiger charge is -1.86. The van der Waals surface area contributed by atoms with E-state index in [0.29, 0.717) is 5.82 Å². The maximum atomic E-state index is 5.73. The van der Waals surface area contributed by atoms with Crippen LogP contribution in [0.4, 0.5) is 5.82 Å². The Hall–Kier alpha value is -1.81. The lowest BCUT2D eigenvalue weighted by Crippen LogP contribution is -1.85. The van der Waals surface area contributed by atoms with Gasteiger partial charge in [0, 0.05) is 10.3 Å². The van der Waals surface area contributed by atoms with Gasteiger partial charge in [0.05, 0.1) is 0 Å². The molecule has 2 aromatic heterocycles. The molecule has 2 N–H and O–H groups in total. The SMILES string of the molecule is Cc1sc(-c2cc3ccccc3o2)nc1N. The third-order valence-electron chi connectivity index (χ3n) is 2.47. The Bertz CT molecular complexity index is 601. The van der Waals surface area contributed by atoms with E-state index in [2.05, 4.69) is 4.98 Å². The third kappa shape index (κ3) is 1.39. The largest absolute Gasteiger partial charge is 0.454 e. The van der Waals surface area contributed by atoms with Crippen LogP contribution in [-0.4, -0.2) is 4.98 Å². The molecule has 16 heavy (non-hydrogen) atoms. The van der Waals surface area contributed by atoms with Crippen molar-refractivity contribution in [3.05, 3.63) is 35.2 Å². The number of nitrogens with zero attached hydrogens (tertiary/aromatic N) is 1. The standard InChI is InChI=1S/C12H10N2OS/c1-7-11(13)14-12(16-7)10-6-8-4-2-3-5-9(8)15-10/h2-6H,13H2,1H3. The molecule has 0 atom stereocenters. The van der Waals surface area contributed by atoms with Crippen LogP contribution in [0.15, 0.2) is 34.7 Å². The zero-order valence-corrected chi connectivity index (χ0v) is 9.54. The molecule has 0 amide bonds. The Morgan fingerprint density at radius 2 is 2.12 bits per heavy atom. The minimum atomic E-state index is 0.584. The highest BCUT2D eigenvalue weighted by atomic mass is 32.1. The molecule has 2 heterocycles. The molecule has 1 aromatic carbocycles. The van der Waals surface area contributed by atoms with E-state index in [0.717, 1.165) is 26.6 Å². The number of fused-ring (bicyclic) bond motifs is 1. The molecule has 80 valence electrons. The van der Waals surface area contributed by atoms with Crippen molar-refractivity contribution in [3.63, 3.8) is 0 Å². The summed E-state index contributed by atoms with van der Waals surface area (Å²) in [5, 5.41) is 1.93. The molecule has 0 fully saturated rings. The van der Waals surface area contributed by atoms with Gasteiger partial charge in [-0.05, 0) is 19.1 Å². The summed E-state index contributed by atoms with van der Waals surface area (Å²) >= 11 is 1.55. The van der Waals surface area contributed by atoms with E-state index in [9.17, 15) is 0 Å².